The van der Waals surface area contributed by atoms with Crippen molar-refractivity contribution in [1.82, 2.24) is 9.38 Å². The van der Waals surface area contributed by atoms with Gasteiger partial charge in [0.25, 0.3) is 0 Å². The number of aryl methyl sites for hydroxylation is 1. The second-order valence-corrected chi connectivity index (χ2v) is 5.43. The Morgan fingerprint density at radius 3 is 2.60 bits per heavy atom. The smallest absolute Gasteiger partial charge is 0.347 e. The molecule has 0 radical (unpaired) electrons. The number of nitrogens with zero attached hydrogens (tertiary/aromatic N) is 2. The number of aromatic nitrogens is 2. The fraction of sp³-hybridized carbons (Fsp3) is 0.143. The van der Waals surface area contributed by atoms with Gasteiger partial charge in [-0.25, -0.2) is 9.78 Å². The number of carboxylic acids is 1. The molecule has 0 bridgehead atoms. The van der Waals surface area contributed by atoms with Crippen LogP contribution in [0.1, 0.15) is 20.9 Å². The number of fused-ring (bicyclic) bond motifs is 1. The normalized spacial score (nSPS) is 11.1. The Kier molecular flexibility index (Phi) is 3.04. The summed E-state index contributed by atoms with van der Waals surface area (Å²) in [6.07, 6.45) is 1.83. The lowest BCUT2D eigenvalue weighted by atomic mass is 10.1. The minimum Gasteiger partial charge on any atom is -0.477 e. The van der Waals surface area contributed by atoms with Crippen molar-refractivity contribution in [2.24, 2.45) is 0 Å². The molecule has 0 unspecified atom stereocenters. The molecule has 5 nitrogen and oxygen atoms in total. The number of hydrogen-bond donors (Lipinski definition) is 2. The summed E-state index contributed by atoms with van der Waals surface area (Å²) in [5.41, 5.74) is 3.26. The van der Waals surface area contributed by atoms with Gasteiger partial charge in [0.15, 0.2) is 4.96 Å². The molecular weight excluding hydrogens is 276 g/mol. The first-order chi connectivity index (χ1) is 9.60. The van der Waals surface area contributed by atoms with Gasteiger partial charge in [-0.05, 0) is 12.5 Å². The Labute approximate surface area is 118 Å². The largest absolute Gasteiger partial charge is 0.477 e. The van der Waals surface area contributed by atoms with Gasteiger partial charge in [0.1, 0.15) is 4.88 Å². The highest BCUT2D eigenvalue weighted by molar-refractivity contribution is 7.19. The summed E-state index contributed by atoms with van der Waals surface area (Å²) in [6, 6.07) is 7.48. The van der Waals surface area contributed by atoms with Crippen LogP contribution in [0.4, 0.5) is 0 Å². The van der Waals surface area contributed by atoms with E-state index in [0.29, 0.717) is 15.5 Å². The number of thiazole rings is 1. The van der Waals surface area contributed by atoms with Crippen molar-refractivity contribution in [2.45, 2.75) is 13.5 Å². The summed E-state index contributed by atoms with van der Waals surface area (Å²) < 4.78 is 1.80. The quantitative estimate of drug-likeness (QED) is 0.776. The number of aliphatic hydroxyl groups excluding tert-OH is 1. The third kappa shape index (κ3) is 1.99. The van der Waals surface area contributed by atoms with E-state index in [1.165, 1.54) is 11.3 Å². The fourth-order valence-electron chi connectivity index (χ4n) is 2.07. The zero-order chi connectivity index (χ0) is 14.3. The van der Waals surface area contributed by atoms with Gasteiger partial charge >= 0.3 is 5.97 Å². The number of hydrogen-bond acceptors (Lipinski definition) is 4. The van der Waals surface area contributed by atoms with Crippen LogP contribution in [-0.4, -0.2) is 25.6 Å². The maximum atomic E-state index is 11.1. The van der Waals surface area contributed by atoms with Gasteiger partial charge in [-0.2, -0.15) is 0 Å². The van der Waals surface area contributed by atoms with Crippen molar-refractivity contribution >= 4 is 22.3 Å². The van der Waals surface area contributed by atoms with Gasteiger partial charge in [-0.1, -0.05) is 35.6 Å². The second-order valence-electron chi connectivity index (χ2n) is 4.46. The lowest BCUT2D eigenvalue weighted by molar-refractivity contribution is 0.0701. The minimum atomic E-state index is -0.924. The number of rotatable bonds is 3. The molecule has 102 valence electrons. The molecule has 0 aliphatic rings. The Morgan fingerprint density at radius 2 is 2.05 bits per heavy atom. The van der Waals surface area contributed by atoms with Crippen LogP contribution in [0.25, 0.3) is 16.2 Å². The number of aliphatic hydroxyl groups is 1. The number of carbonyl (C=O) groups is 1. The molecule has 2 heterocycles. The topological polar surface area (TPSA) is 74.8 Å². The van der Waals surface area contributed by atoms with Gasteiger partial charge in [0, 0.05) is 17.5 Å². The molecule has 1 aromatic carbocycles. The average Bonchev–Trinajstić information content (AvgIpc) is 2.99. The van der Waals surface area contributed by atoms with E-state index < -0.39 is 5.97 Å². The van der Waals surface area contributed by atoms with Crippen LogP contribution in [0, 0.1) is 6.92 Å². The summed E-state index contributed by atoms with van der Waals surface area (Å²) >= 11 is 1.17. The van der Waals surface area contributed by atoms with Crippen LogP contribution in [-0.2, 0) is 6.61 Å². The van der Waals surface area contributed by atoms with Gasteiger partial charge in [-0.3, -0.25) is 4.40 Å². The highest BCUT2D eigenvalue weighted by Crippen LogP contribution is 2.27. The molecule has 0 atom stereocenters. The lowest BCUT2D eigenvalue weighted by Crippen LogP contribution is -1.96. The highest BCUT2D eigenvalue weighted by Gasteiger charge is 2.16. The van der Waals surface area contributed by atoms with Crippen LogP contribution >= 0.6 is 11.3 Å². The van der Waals surface area contributed by atoms with Gasteiger partial charge in [0.2, 0.25) is 0 Å². The maximum Gasteiger partial charge on any atom is 0.347 e. The Hall–Kier alpha value is -2.18. The van der Waals surface area contributed by atoms with Crippen LogP contribution in [0.15, 0.2) is 30.5 Å². The summed E-state index contributed by atoms with van der Waals surface area (Å²) in [6.45, 7) is 1.78. The highest BCUT2D eigenvalue weighted by atomic mass is 32.1. The first kappa shape index (κ1) is 12.8. The fourth-order valence-corrected chi connectivity index (χ4v) is 3.02. The zero-order valence-corrected chi connectivity index (χ0v) is 11.5. The molecule has 3 aromatic rings. The van der Waals surface area contributed by atoms with Crippen molar-refractivity contribution in [3.63, 3.8) is 0 Å². The van der Waals surface area contributed by atoms with Gasteiger partial charge in [-0.15, -0.1) is 0 Å². The molecule has 3 rings (SSSR count). The third-order valence-electron chi connectivity index (χ3n) is 3.18. The molecule has 6 heteroatoms. The molecule has 0 fully saturated rings. The number of benzene rings is 1. The second kappa shape index (κ2) is 4.73. The number of imidazole rings is 1. The standard InChI is InChI=1S/C14H12N2O3S/c1-8-12(13(18)19)20-14-15-11(6-16(8)14)10-4-2-9(7-17)3-5-10/h2-6,17H,7H2,1H3,(H,18,19). The summed E-state index contributed by atoms with van der Waals surface area (Å²) in [7, 11) is 0. The summed E-state index contributed by atoms with van der Waals surface area (Å²) in [5.74, 6) is -0.924. The number of carboxylic acid groups (broad SMARTS) is 1. The molecule has 20 heavy (non-hydrogen) atoms. The molecule has 0 saturated carbocycles. The van der Waals surface area contributed by atoms with E-state index in [4.69, 9.17) is 10.2 Å². The Balaban J connectivity index is 2.06. The molecule has 2 N–H and O–H groups in total. The maximum absolute atomic E-state index is 11.1. The van der Waals surface area contributed by atoms with E-state index in [1.807, 2.05) is 30.5 Å². The summed E-state index contributed by atoms with van der Waals surface area (Å²) in [4.78, 5) is 16.5. The van der Waals surface area contributed by atoms with Crippen molar-refractivity contribution in [1.29, 1.82) is 0 Å². The predicted octanol–water partition coefficient (Wildman–Crippen LogP) is 2.56. The Morgan fingerprint density at radius 1 is 1.35 bits per heavy atom. The molecule has 0 amide bonds. The van der Waals surface area contributed by atoms with Crippen LogP contribution in [0.3, 0.4) is 0 Å². The average molecular weight is 288 g/mol. The SMILES string of the molecule is Cc1c(C(=O)O)sc2nc(-c3ccc(CO)cc3)cn12. The van der Waals surface area contributed by atoms with Crippen LogP contribution in [0.5, 0.6) is 0 Å². The molecule has 0 spiro atoms. The zero-order valence-electron chi connectivity index (χ0n) is 10.7. The molecule has 2 aromatic heterocycles. The minimum absolute atomic E-state index is 0.0135. The van der Waals surface area contributed by atoms with E-state index in [0.717, 1.165) is 16.8 Å². The Bertz CT molecular complexity index is 787. The van der Waals surface area contributed by atoms with Crippen LogP contribution in [0.2, 0.25) is 0 Å². The molecule has 0 aliphatic heterocycles. The lowest BCUT2D eigenvalue weighted by Gasteiger charge is -1.98. The molecule has 0 aliphatic carbocycles. The summed E-state index contributed by atoms with van der Waals surface area (Å²) in [5, 5.41) is 18.1. The van der Waals surface area contributed by atoms with E-state index in [2.05, 4.69) is 4.98 Å². The van der Waals surface area contributed by atoms with Crippen molar-refractivity contribution < 1.29 is 15.0 Å². The van der Waals surface area contributed by atoms with Gasteiger partial charge < -0.3 is 10.2 Å². The van der Waals surface area contributed by atoms with E-state index in [9.17, 15) is 4.79 Å². The molecule has 0 saturated heterocycles. The van der Waals surface area contributed by atoms with E-state index >= 15 is 0 Å². The predicted molar refractivity (Wildman–Crippen MR) is 76.1 cm³/mol. The molecular formula is C14H12N2O3S. The number of aromatic carboxylic acids is 1. The third-order valence-corrected chi connectivity index (χ3v) is 4.33. The van der Waals surface area contributed by atoms with Crippen molar-refractivity contribution in [3.8, 4) is 11.3 Å². The van der Waals surface area contributed by atoms with Crippen molar-refractivity contribution in [2.75, 3.05) is 0 Å². The van der Waals surface area contributed by atoms with Gasteiger partial charge in [0.05, 0.1) is 12.3 Å². The first-order valence-corrected chi connectivity index (χ1v) is 6.83. The van der Waals surface area contributed by atoms with Crippen LogP contribution < -0.4 is 0 Å². The first-order valence-electron chi connectivity index (χ1n) is 6.02. The monoisotopic (exact) mass is 288 g/mol. The van der Waals surface area contributed by atoms with E-state index in [-0.39, 0.29) is 6.61 Å². The van der Waals surface area contributed by atoms with Crippen molar-refractivity contribution in [3.05, 3.63) is 46.6 Å². The van der Waals surface area contributed by atoms with E-state index in [1.54, 1.807) is 11.3 Å².